The molecule has 1 aromatic carbocycles. The maximum atomic E-state index is 13.4. The van der Waals surface area contributed by atoms with E-state index in [9.17, 15) is 13.6 Å². The van der Waals surface area contributed by atoms with Gasteiger partial charge in [0.05, 0.1) is 11.6 Å². The molecule has 0 saturated heterocycles. The van der Waals surface area contributed by atoms with Crippen LogP contribution in [-0.2, 0) is 4.79 Å². The first-order valence-corrected chi connectivity index (χ1v) is 6.48. The highest BCUT2D eigenvalue weighted by Gasteiger charge is 2.25. The molecule has 1 aliphatic carbocycles. The van der Waals surface area contributed by atoms with Gasteiger partial charge >= 0.3 is 5.97 Å². The molecule has 0 bridgehead atoms. The molecule has 1 aliphatic rings. The maximum Gasteiger partial charge on any atom is 0.306 e. The monoisotopic (exact) mass is 269 g/mol. The molecular weight excluding hydrogens is 252 g/mol. The van der Waals surface area contributed by atoms with E-state index >= 15 is 0 Å². The van der Waals surface area contributed by atoms with Gasteiger partial charge in [0.15, 0.2) is 0 Å². The lowest BCUT2D eigenvalue weighted by Gasteiger charge is -2.26. The smallest absolute Gasteiger partial charge is 0.306 e. The predicted octanol–water partition coefficient (Wildman–Crippen LogP) is 3.27. The summed E-state index contributed by atoms with van der Waals surface area (Å²) in [6.07, 6.45) is 3.00. The zero-order chi connectivity index (χ0) is 13.8. The Morgan fingerprint density at radius 3 is 2.53 bits per heavy atom. The molecule has 0 aliphatic heterocycles. The van der Waals surface area contributed by atoms with Crippen molar-refractivity contribution in [3.63, 3.8) is 0 Å². The van der Waals surface area contributed by atoms with Crippen molar-refractivity contribution in [3.05, 3.63) is 29.8 Å². The summed E-state index contributed by atoms with van der Waals surface area (Å²) in [6, 6.07) is 3.45. The van der Waals surface area contributed by atoms with Crippen LogP contribution in [0.5, 0.6) is 0 Å². The summed E-state index contributed by atoms with van der Waals surface area (Å²) in [4.78, 5) is 10.8. The van der Waals surface area contributed by atoms with Crippen molar-refractivity contribution in [1.29, 1.82) is 0 Å². The fourth-order valence-electron chi connectivity index (χ4n) is 2.50. The van der Waals surface area contributed by atoms with Crippen LogP contribution in [-0.4, -0.2) is 17.6 Å². The second-order valence-electron chi connectivity index (χ2n) is 5.06. The number of carbonyl (C=O) groups is 1. The first kappa shape index (κ1) is 13.8. The molecule has 0 amide bonds. The van der Waals surface area contributed by atoms with Gasteiger partial charge in [-0.15, -0.1) is 0 Å². The normalized spacial score (nSPS) is 23.1. The van der Waals surface area contributed by atoms with Gasteiger partial charge in [-0.3, -0.25) is 4.79 Å². The molecular formula is C14H17F2NO2. The second-order valence-corrected chi connectivity index (χ2v) is 5.06. The number of anilines is 1. The van der Waals surface area contributed by atoms with E-state index in [0.29, 0.717) is 31.0 Å². The van der Waals surface area contributed by atoms with E-state index in [1.54, 1.807) is 0 Å². The number of carboxylic acid groups (broad SMARTS) is 1. The van der Waals surface area contributed by atoms with E-state index in [0.717, 1.165) is 18.9 Å². The highest BCUT2D eigenvalue weighted by Crippen LogP contribution is 2.29. The molecule has 2 rings (SSSR count). The van der Waals surface area contributed by atoms with Crippen LogP contribution in [0.15, 0.2) is 18.2 Å². The molecule has 3 nitrogen and oxygen atoms in total. The van der Waals surface area contributed by atoms with E-state index in [2.05, 4.69) is 5.32 Å². The van der Waals surface area contributed by atoms with Crippen LogP contribution in [0, 0.1) is 23.5 Å². The third-order valence-corrected chi connectivity index (χ3v) is 3.71. The number of benzene rings is 1. The molecule has 104 valence electrons. The minimum absolute atomic E-state index is 0.237. The van der Waals surface area contributed by atoms with Crippen LogP contribution in [0.1, 0.15) is 25.7 Å². The Hall–Kier alpha value is -1.65. The van der Waals surface area contributed by atoms with Gasteiger partial charge in [0, 0.05) is 12.6 Å². The molecule has 2 N–H and O–H groups in total. The number of hydrogen-bond acceptors (Lipinski definition) is 2. The van der Waals surface area contributed by atoms with Crippen molar-refractivity contribution in [2.24, 2.45) is 11.8 Å². The van der Waals surface area contributed by atoms with Gasteiger partial charge in [0.2, 0.25) is 0 Å². The van der Waals surface area contributed by atoms with Gasteiger partial charge < -0.3 is 10.4 Å². The molecule has 1 saturated carbocycles. The van der Waals surface area contributed by atoms with Gasteiger partial charge in [-0.05, 0) is 43.7 Å². The Bertz CT molecular complexity index is 457. The highest BCUT2D eigenvalue weighted by atomic mass is 19.1. The molecule has 0 radical (unpaired) electrons. The van der Waals surface area contributed by atoms with Crippen LogP contribution < -0.4 is 5.32 Å². The third kappa shape index (κ3) is 3.66. The summed E-state index contributed by atoms with van der Waals surface area (Å²) in [5.41, 5.74) is 0.293. The van der Waals surface area contributed by atoms with Gasteiger partial charge in [-0.25, -0.2) is 8.78 Å². The molecule has 0 spiro atoms. The molecule has 1 fully saturated rings. The Balaban J connectivity index is 1.82. The predicted molar refractivity (Wildman–Crippen MR) is 67.9 cm³/mol. The third-order valence-electron chi connectivity index (χ3n) is 3.71. The number of halogens is 2. The average molecular weight is 269 g/mol. The summed E-state index contributed by atoms with van der Waals surface area (Å²) in [5.74, 6) is -1.81. The Morgan fingerprint density at radius 2 is 1.95 bits per heavy atom. The van der Waals surface area contributed by atoms with Crippen LogP contribution in [0.2, 0.25) is 0 Å². The van der Waals surface area contributed by atoms with Crippen molar-refractivity contribution in [1.82, 2.24) is 0 Å². The van der Waals surface area contributed by atoms with Crippen LogP contribution >= 0.6 is 0 Å². The topological polar surface area (TPSA) is 49.3 Å². The average Bonchev–Trinajstić information content (AvgIpc) is 2.38. The second kappa shape index (κ2) is 5.99. The SMILES string of the molecule is O=C(O)C1CCC(CNc2ccc(F)cc2F)CC1. The van der Waals surface area contributed by atoms with Crippen LogP contribution in [0.3, 0.4) is 0 Å². The molecule has 0 unspecified atom stereocenters. The zero-order valence-corrected chi connectivity index (χ0v) is 10.5. The van der Waals surface area contributed by atoms with Crippen molar-refractivity contribution in [2.45, 2.75) is 25.7 Å². The largest absolute Gasteiger partial charge is 0.481 e. The minimum Gasteiger partial charge on any atom is -0.481 e. The highest BCUT2D eigenvalue weighted by molar-refractivity contribution is 5.70. The number of carboxylic acids is 1. The summed E-state index contributed by atoms with van der Waals surface area (Å²) in [6.45, 7) is 0.592. The van der Waals surface area contributed by atoms with Crippen LogP contribution in [0.4, 0.5) is 14.5 Å². The molecule has 0 aromatic heterocycles. The lowest BCUT2D eigenvalue weighted by molar-refractivity contribution is -0.143. The molecule has 0 atom stereocenters. The number of nitrogens with one attached hydrogen (secondary N) is 1. The fourth-order valence-corrected chi connectivity index (χ4v) is 2.50. The molecule has 0 heterocycles. The summed E-state index contributed by atoms with van der Waals surface area (Å²) in [5, 5.41) is 11.9. The van der Waals surface area contributed by atoms with Gasteiger partial charge in [0.25, 0.3) is 0 Å². The summed E-state index contributed by atoms with van der Waals surface area (Å²) < 4.78 is 26.1. The Morgan fingerprint density at radius 1 is 1.26 bits per heavy atom. The van der Waals surface area contributed by atoms with Crippen molar-refractivity contribution in [2.75, 3.05) is 11.9 Å². The number of rotatable bonds is 4. The van der Waals surface area contributed by atoms with Crippen LogP contribution in [0.25, 0.3) is 0 Å². The van der Waals surface area contributed by atoms with Crippen molar-refractivity contribution >= 4 is 11.7 Å². The van der Waals surface area contributed by atoms with Gasteiger partial charge in [-0.2, -0.15) is 0 Å². The summed E-state index contributed by atoms with van der Waals surface area (Å²) >= 11 is 0. The first-order valence-electron chi connectivity index (χ1n) is 6.48. The van der Waals surface area contributed by atoms with E-state index in [1.165, 1.54) is 12.1 Å². The van der Waals surface area contributed by atoms with E-state index in [1.807, 2.05) is 0 Å². The zero-order valence-electron chi connectivity index (χ0n) is 10.5. The quantitative estimate of drug-likeness (QED) is 0.882. The lowest BCUT2D eigenvalue weighted by atomic mass is 9.82. The molecule has 19 heavy (non-hydrogen) atoms. The summed E-state index contributed by atoms with van der Waals surface area (Å²) in [7, 11) is 0. The lowest BCUT2D eigenvalue weighted by Crippen LogP contribution is -2.25. The maximum absolute atomic E-state index is 13.4. The number of hydrogen-bond donors (Lipinski definition) is 2. The van der Waals surface area contributed by atoms with Gasteiger partial charge in [0.1, 0.15) is 11.6 Å². The standard InChI is InChI=1S/C14H17F2NO2/c15-11-5-6-13(12(16)7-11)17-8-9-1-3-10(4-2-9)14(18)19/h5-7,9-10,17H,1-4,8H2,(H,18,19). The molecule has 5 heteroatoms. The Labute approximate surface area is 110 Å². The van der Waals surface area contributed by atoms with Gasteiger partial charge in [-0.1, -0.05) is 0 Å². The first-order chi connectivity index (χ1) is 9.06. The number of aliphatic carboxylic acids is 1. The Kier molecular flexibility index (Phi) is 4.35. The van der Waals surface area contributed by atoms with E-state index < -0.39 is 17.6 Å². The molecule has 1 aromatic rings. The van der Waals surface area contributed by atoms with E-state index in [4.69, 9.17) is 5.11 Å². The minimum atomic E-state index is -0.726. The van der Waals surface area contributed by atoms with Crippen molar-refractivity contribution in [3.8, 4) is 0 Å². The van der Waals surface area contributed by atoms with E-state index in [-0.39, 0.29) is 5.92 Å². The fraction of sp³-hybridized carbons (Fsp3) is 0.500. The van der Waals surface area contributed by atoms with Crippen molar-refractivity contribution < 1.29 is 18.7 Å².